The lowest BCUT2D eigenvalue weighted by Gasteiger charge is -2.22. The molecule has 2 N–H and O–H groups in total. The summed E-state index contributed by atoms with van der Waals surface area (Å²) in [6.07, 6.45) is 2.87. The van der Waals surface area contributed by atoms with Gasteiger partial charge in [-0.2, -0.15) is 0 Å². The molecule has 0 aliphatic carbocycles. The second-order valence-corrected chi connectivity index (χ2v) is 4.99. The molecule has 1 unspecified atom stereocenters. The van der Waals surface area contributed by atoms with E-state index >= 15 is 0 Å². The first-order valence-corrected chi connectivity index (χ1v) is 6.79. The molecule has 20 heavy (non-hydrogen) atoms. The standard InChI is InChI=1S/C15H19NO4/c1-10-5-6-11(15(16)18)9-13(10)19-8-7-12-3-2-4-14(17)20-12/h5-6,9,12H,2-4,7-8H2,1H3,(H2,16,18). The third-order valence-corrected chi connectivity index (χ3v) is 3.38. The monoisotopic (exact) mass is 277 g/mol. The highest BCUT2D eigenvalue weighted by Gasteiger charge is 2.20. The van der Waals surface area contributed by atoms with Crippen molar-refractivity contribution in [2.45, 2.75) is 38.7 Å². The molecule has 1 aromatic rings. The zero-order chi connectivity index (χ0) is 14.5. The summed E-state index contributed by atoms with van der Waals surface area (Å²) in [7, 11) is 0. The van der Waals surface area contributed by atoms with E-state index in [1.165, 1.54) is 0 Å². The number of ether oxygens (including phenoxy) is 2. The highest BCUT2D eigenvalue weighted by atomic mass is 16.5. The number of rotatable bonds is 5. The number of esters is 1. The number of carbonyl (C=O) groups is 2. The van der Waals surface area contributed by atoms with Crippen molar-refractivity contribution in [3.8, 4) is 5.75 Å². The third kappa shape index (κ3) is 3.73. The van der Waals surface area contributed by atoms with Gasteiger partial charge in [-0.15, -0.1) is 0 Å². The van der Waals surface area contributed by atoms with Crippen LogP contribution in [0.5, 0.6) is 5.75 Å². The molecule has 0 bridgehead atoms. The van der Waals surface area contributed by atoms with Crippen LogP contribution in [0, 0.1) is 6.92 Å². The van der Waals surface area contributed by atoms with Crippen LogP contribution in [0.1, 0.15) is 41.6 Å². The summed E-state index contributed by atoms with van der Waals surface area (Å²) in [5.74, 6) is 0.0349. The molecular formula is C15H19NO4. The van der Waals surface area contributed by atoms with Crippen LogP contribution >= 0.6 is 0 Å². The molecule has 1 amide bonds. The maximum atomic E-state index is 11.2. The molecule has 1 fully saturated rings. The fourth-order valence-electron chi connectivity index (χ4n) is 2.19. The number of nitrogens with two attached hydrogens (primary N) is 1. The molecule has 1 aliphatic heterocycles. The Bertz CT molecular complexity index is 513. The van der Waals surface area contributed by atoms with E-state index in [-0.39, 0.29) is 12.1 Å². The summed E-state index contributed by atoms with van der Waals surface area (Å²) in [5, 5.41) is 0. The van der Waals surface area contributed by atoms with Gasteiger partial charge in [0.25, 0.3) is 0 Å². The Balaban J connectivity index is 1.88. The smallest absolute Gasteiger partial charge is 0.306 e. The van der Waals surface area contributed by atoms with Crippen molar-refractivity contribution < 1.29 is 19.1 Å². The van der Waals surface area contributed by atoms with Gasteiger partial charge in [-0.1, -0.05) is 6.07 Å². The van der Waals surface area contributed by atoms with Crippen LogP contribution in [0.15, 0.2) is 18.2 Å². The van der Waals surface area contributed by atoms with Gasteiger partial charge in [-0.25, -0.2) is 0 Å². The van der Waals surface area contributed by atoms with Gasteiger partial charge in [-0.05, 0) is 37.5 Å². The van der Waals surface area contributed by atoms with E-state index in [0.29, 0.717) is 30.8 Å². The van der Waals surface area contributed by atoms with Crippen molar-refractivity contribution in [1.82, 2.24) is 0 Å². The summed E-state index contributed by atoms with van der Waals surface area (Å²) < 4.78 is 10.9. The normalized spacial score (nSPS) is 18.4. The predicted molar refractivity (Wildman–Crippen MR) is 73.5 cm³/mol. The van der Waals surface area contributed by atoms with Crippen LogP contribution in [0.3, 0.4) is 0 Å². The summed E-state index contributed by atoms with van der Waals surface area (Å²) >= 11 is 0. The first-order chi connectivity index (χ1) is 9.56. The van der Waals surface area contributed by atoms with Gasteiger partial charge >= 0.3 is 5.97 Å². The predicted octanol–water partition coefficient (Wildman–Crippen LogP) is 1.96. The van der Waals surface area contributed by atoms with Crippen LogP contribution in [0.25, 0.3) is 0 Å². The molecule has 0 radical (unpaired) electrons. The Morgan fingerprint density at radius 2 is 2.30 bits per heavy atom. The second-order valence-electron chi connectivity index (χ2n) is 4.99. The summed E-state index contributed by atoms with van der Waals surface area (Å²) in [6, 6.07) is 5.12. The largest absolute Gasteiger partial charge is 0.493 e. The molecule has 1 aliphatic rings. The molecule has 5 heteroatoms. The van der Waals surface area contributed by atoms with E-state index < -0.39 is 5.91 Å². The zero-order valence-electron chi connectivity index (χ0n) is 11.6. The van der Waals surface area contributed by atoms with Crippen LogP contribution in [0.2, 0.25) is 0 Å². The van der Waals surface area contributed by atoms with Gasteiger partial charge in [0.05, 0.1) is 6.61 Å². The number of amides is 1. The maximum absolute atomic E-state index is 11.2. The number of primary amides is 1. The van der Waals surface area contributed by atoms with Crippen LogP contribution in [0.4, 0.5) is 0 Å². The Morgan fingerprint density at radius 3 is 3.00 bits per heavy atom. The van der Waals surface area contributed by atoms with Crippen molar-refractivity contribution in [3.63, 3.8) is 0 Å². The number of cyclic esters (lactones) is 1. The molecule has 2 rings (SSSR count). The minimum absolute atomic E-state index is 0.0594. The molecule has 108 valence electrons. The lowest BCUT2D eigenvalue weighted by atomic mass is 10.1. The average Bonchev–Trinajstić information content (AvgIpc) is 2.40. The molecule has 1 heterocycles. The average molecular weight is 277 g/mol. The first kappa shape index (κ1) is 14.4. The van der Waals surface area contributed by atoms with Gasteiger partial charge in [0, 0.05) is 18.4 Å². The topological polar surface area (TPSA) is 78.6 Å². The highest BCUT2D eigenvalue weighted by Crippen LogP contribution is 2.21. The van der Waals surface area contributed by atoms with E-state index in [2.05, 4.69) is 0 Å². The van der Waals surface area contributed by atoms with E-state index in [1.807, 2.05) is 6.92 Å². The van der Waals surface area contributed by atoms with Gasteiger partial charge < -0.3 is 15.2 Å². The molecule has 1 aromatic carbocycles. The summed E-state index contributed by atoms with van der Waals surface area (Å²) in [5.41, 5.74) is 6.61. The third-order valence-electron chi connectivity index (χ3n) is 3.38. The summed E-state index contributed by atoms with van der Waals surface area (Å²) in [4.78, 5) is 22.3. The fraction of sp³-hybridized carbons (Fsp3) is 0.467. The molecule has 0 spiro atoms. The van der Waals surface area contributed by atoms with Gasteiger partial charge in [0.2, 0.25) is 5.91 Å². The van der Waals surface area contributed by atoms with Crippen molar-refractivity contribution >= 4 is 11.9 Å². The van der Waals surface area contributed by atoms with Crippen LogP contribution in [-0.4, -0.2) is 24.6 Å². The molecular weight excluding hydrogens is 258 g/mol. The van der Waals surface area contributed by atoms with E-state index in [9.17, 15) is 9.59 Å². The van der Waals surface area contributed by atoms with Gasteiger partial charge in [0.1, 0.15) is 11.9 Å². The summed E-state index contributed by atoms with van der Waals surface area (Å²) in [6.45, 7) is 2.35. The molecule has 5 nitrogen and oxygen atoms in total. The quantitative estimate of drug-likeness (QED) is 0.834. The van der Waals surface area contributed by atoms with Gasteiger partial charge in [0.15, 0.2) is 0 Å². The Labute approximate surface area is 118 Å². The SMILES string of the molecule is Cc1ccc(C(N)=O)cc1OCCC1CCCC(=O)O1. The lowest BCUT2D eigenvalue weighted by molar-refractivity contribution is -0.154. The van der Waals surface area contributed by atoms with Crippen molar-refractivity contribution in [2.75, 3.05) is 6.61 Å². The number of aryl methyl sites for hydroxylation is 1. The van der Waals surface area contributed by atoms with E-state index in [4.69, 9.17) is 15.2 Å². The number of carbonyl (C=O) groups excluding carboxylic acids is 2. The Kier molecular flexibility index (Phi) is 4.61. The fourth-order valence-corrected chi connectivity index (χ4v) is 2.19. The van der Waals surface area contributed by atoms with Crippen molar-refractivity contribution in [3.05, 3.63) is 29.3 Å². The van der Waals surface area contributed by atoms with Crippen LogP contribution < -0.4 is 10.5 Å². The number of hydrogen-bond acceptors (Lipinski definition) is 4. The second kappa shape index (κ2) is 6.41. The van der Waals surface area contributed by atoms with Crippen molar-refractivity contribution in [2.24, 2.45) is 5.73 Å². The maximum Gasteiger partial charge on any atom is 0.306 e. The zero-order valence-corrected chi connectivity index (χ0v) is 11.6. The van der Waals surface area contributed by atoms with E-state index in [0.717, 1.165) is 18.4 Å². The highest BCUT2D eigenvalue weighted by molar-refractivity contribution is 5.93. The molecule has 1 atom stereocenters. The minimum atomic E-state index is -0.476. The lowest BCUT2D eigenvalue weighted by Crippen LogP contribution is -2.25. The Morgan fingerprint density at radius 1 is 1.50 bits per heavy atom. The van der Waals surface area contributed by atoms with Crippen LogP contribution in [-0.2, 0) is 9.53 Å². The van der Waals surface area contributed by atoms with E-state index in [1.54, 1.807) is 18.2 Å². The Hall–Kier alpha value is -2.04. The number of benzene rings is 1. The molecule has 0 aromatic heterocycles. The minimum Gasteiger partial charge on any atom is -0.493 e. The molecule has 1 saturated heterocycles. The van der Waals surface area contributed by atoms with Gasteiger partial charge in [-0.3, -0.25) is 9.59 Å². The first-order valence-electron chi connectivity index (χ1n) is 6.79. The molecule has 0 saturated carbocycles. The van der Waals surface area contributed by atoms with Crippen molar-refractivity contribution in [1.29, 1.82) is 0 Å². The number of hydrogen-bond donors (Lipinski definition) is 1.